The molecule has 2 aromatic carbocycles. The normalized spacial score (nSPS) is 14.0. The molecule has 20 heavy (non-hydrogen) atoms. The molecule has 0 saturated heterocycles. The van der Waals surface area contributed by atoms with E-state index in [1.54, 1.807) is 0 Å². The van der Waals surface area contributed by atoms with E-state index >= 15 is 0 Å². The summed E-state index contributed by atoms with van der Waals surface area (Å²) in [6, 6.07) is 11.9. The van der Waals surface area contributed by atoms with Crippen LogP contribution in [0.2, 0.25) is 0 Å². The van der Waals surface area contributed by atoms with Crippen molar-refractivity contribution in [3.05, 3.63) is 63.9 Å². The minimum absolute atomic E-state index is 0.0724. The summed E-state index contributed by atoms with van der Waals surface area (Å²) < 4.78 is 14.3. The van der Waals surface area contributed by atoms with Gasteiger partial charge in [0.2, 0.25) is 0 Å². The molecule has 4 heteroatoms. The van der Waals surface area contributed by atoms with E-state index in [0.717, 1.165) is 10.0 Å². The molecule has 2 rings (SSSR count). The van der Waals surface area contributed by atoms with Gasteiger partial charge in [0.05, 0.1) is 0 Å². The zero-order valence-electron chi connectivity index (χ0n) is 11.4. The predicted molar refractivity (Wildman–Crippen MR) is 82.2 cm³/mol. The number of nitrogens with one attached hydrogen (secondary N) is 1. The lowest BCUT2D eigenvalue weighted by Crippen LogP contribution is -2.23. The van der Waals surface area contributed by atoms with E-state index in [4.69, 9.17) is 0 Å². The van der Waals surface area contributed by atoms with E-state index in [1.165, 1.54) is 18.2 Å². The van der Waals surface area contributed by atoms with Crippen LogP contribution in [0.5, 0.6) is 5.75 Å². The fourth-order valence-electron chi connectivity index (χ4n) is 2.25. The summed E-state index contributed by atoms with van der Waals surface area (Å²) in [4.78, 5) is 0. The zero-order chi connectivity index (χ0) is 14.7. The minimum Gasteiger partial charge on any atom is -0.508 e. The van der Waals surface area contributed by atoms with Gasteiger partial charge in [0.15, 0.2) is 0 Å². The first kappa shape index (κ1) is 15.0. The lowest BCUT2D eigenvalue weighted by Gasteiger charge is -2.22. The number of benzene rings is 2. The van der Waals surface area contributed by atoms with E-state index in [-0.39, 0.29) is 23.7 Å². The molecule has 0 fully saturated rings. The van der Waals surface area contributed by atoms with Gasteiger partial charge in [-0.3, -0.25) is 0 Å². The average Bonchev–Trinajstić information content (AvgIpc) is 2.41. The molecule has 0 aliphatic heterocycles. The largest absolute Gasteiger partial charge is 0.508 e. The Hall–Kier alpha value is -1.39. The Bertz CT molecular complexity index is 603. The number of rotatable bonds is 4. The molecule has 0 bridgehead atoms. The third-order valence-electron chi connectivity index (χ3n) is 3.33. The van der Waals surface area contributed by atoms with Crippen molar-refractivity contribution in [3.8, 4) is 5.75 Å². The molecule has 0 aliphatic carbocycles. The van der Waals surface area contributed by atoms with Crippen LogP contribution in [0.4, 0.5) is 4.39 Å². The summed E-state index contributed by atoms with van der Waals surface area (Å²) in [6.07, 6.45) is 0. The molecule has 106 valence electrons. The van der Waals surface area contributed by atoms with Crippen molar-refractivity contribution in [3.63, 3.8) is 0 Å². The van der Waals surface area contributed by atoms with Gasteiger partial charge in [0.25, 0.3) is 0 Å². The molecule has 0 spiro atoms. The Morgan fingerprint density at radius 1 is 1.05 bits per heavy atom. The van der Waals surface area contributed by atoms with Crippen LogP contribution in [-0.2, 0) is 0 Å². The summed E-state index contributed by atoms with van der Waals surface area (Å²) in [6.45, 7) is 3.94. The third kappa shape index (κ3) is 3.38. The standard InChI is InChI=1S/C16H17BrFNO/c1-10(13-5-3-4-6-15(13)17)19-11(2)14-9-12(18)7-8-16(14)20/h3-11,19-20H,1-2H3/t10-,11?/m0/s1. The van der Waals surface area contributed by atoms with E-state index in [9.17, 15) is 9.50 Å². The first-order valence-electron chi connectivity index (χ1n) is 6.48. The van der Waals surface area contributed by atoms with Crippen LogP contribution in [0, 0.1) is 5.82 Å². The highest BCUT2D eigenvalue weighted by Gasteiger charge is 2.16. The fourth-order valence-corrected chi connectivity index (χ4v) is 2.88. The van der Waals surface area contributed by atoms with Crippen molar-refractivity contribution >= 4 is 15.9 Å². The molecule has 0 heterocycles. The molecule has 0 aliphatic rings. The molecule has 0 amide bonds. The van der Waals surface area contributed by atoms with Crippen LogP contribution in [-0.4, -0.2) is 5.11 Å². The number of phenols is 1. The highest BCUT2D eigenvalue weighted by molar-refractivity contribution is 9.10. The van der Waals surface area contributed by atoms with Crippen LogP contribution in [0.1, 0.15) is 37.1 Å². The highest BCUT2D eigenvalue weighted by atomic mass is 79.9. The van der Waals surface area contributed by atoms with Crippen LogP contribution in [0.15, 0.2) is 46.9 Å². The second-order valence-electron chi connectivity index (χ2n) is 4.83. The summed E-state index contributed by atoms with van der Waals surface area (Å²) in [5.41, 5.74) is 1.68. The lowest BCUT2D eigenvalue weighted by atomic mass is 10.0. The van der Waals surface area contributed by atoms with Gasteiger partial charge in [-0.1, -0.05) is 34.1 Å². The number of hydrogen-bond donors (Lipinski definition) is 2. The third-order valence-corrected chi connectivity index (χ3v) is 4.05. The van der Waals surface area contributed by atoms with Gasteiger partial charge < -0.3 is 10.4 Å². The lowest BCUT2D eigenvalue weighted by molar-refractivity contribution is 0.435. The van der Waals surface area contributed by atoms with E-state index in [1.807, 2.05) is 38.1 Å². The van der Waals surface area contributed by atoms with Crippen molar-refractivity contribution in [2.45, 2.75) is 25.9 Å². The van der Waals surface area contributed by atoms with Gasteiger partial charge in [-0.05, 0) is 43.7 Å². The Kier molecular flexibility index (Phi) is 4.78. The van der Waals surface area contributed by atoms with Crippen LogP contribution in [0.25, 0.3) is 0 Å². The van der Waals surface area contributed by atoms with Crippen LogP contribution >= 0.6 is 15.9 Å². The molecule has 0 aromatic heterocycles. The summed E-state index contributed by atoms with van der Waals surface area (Å²) in [5.74, 6) is -0.245. The van der Waals surface area contributed by atoms with E-state index < -0.39 is 0 Å². The molecule has 2 N–H and O–H groups in total. The highest BCUT2D eigenvalue weighted by Crippen LogP contribution is 2.29. The maximum Gasteiger partial charge on any atom is 0.123 e. The average molecular weight is 338 g/mol. The minimum atomic E-state index is -0.347. The molecule has 1 unspecified atom stereocenters. The van der Waals surface area contributed by atoms with Gasteiger partial charge in [-0.2, -0.15) is 0 Å². The van der Waals surface area contributed by atoms with Crippen molar-refractivity contribution in [1.82, 2.24) is 5.32 Å². The van der Waals surface area contributed by atoms with Gasteiger partial charge in [-0.25, -0.2) is 4.39 Å². The van der Waals surface area contributed by atoms with Crippen molar-refractivity contribution in [2.24, 2.45) is 0 Å². The Morgan fingerprint density at radius 2 is 1.70 bits per heavy atom. The van der Waals surface area contributed by atoms with Crippen molar-refractivity contribution < 1.29 is 9.50 Å². The van der Waals surface area contributed by atoms with Gasteiger partial charge >= 0.3 is 0 Å². The first-order chi connectivity index (χ1) is 9.49. The number of phenolic OH excluding ortho intramolecular Hbond substituents is 1. The molecular weight excluding hydrogens is 321 g/mol. The summed E-state index contributed by atoms with van der Waals surface area (Å²) in [7, 11) is 0. The van der Waals surface area contributed by atoms with Crippen LogP contribution in [0.3, 0.4) is 0 Å². The number of hydrogen-bond acceptors (Lipinski definition) is 2. The SMILES string of the molecule is CC(N[C@@H](C)c1ccccc1Br)c1cc(F)ccc1O. The smallest absolute Gasteiger partial charge is 0.123 e. The quantitative estimate of drug-likeness (QED) is 0.847. The fraction of sp³-hybridized carbons (Fsp3) is 0.250. The molecular formula is C16H17BrFNO. The first-order valence-corrected chi connectivity index (χ1v) is 7.27. The number of halogens is 2. The van der Waals surface area contributed by atoms with Gasteiger partial charge in [0, 0.05) is 22.1 Å². The molecule has 2 aromatic rings. The monoisotopic (exact) mass is 337 g/mol. The van der Waals surface area contributed by atoms with Crippen LogP contribution < -0.4 is 5.32 Å². The summed E-state index contributed by atoms with van der Waals surface area (Å²) in [5, 5.41) is 13.2. The molecule has 0 saturated carbocycles. The van der Waals surface area contributed by atoms with E-state index in [2.05, 4.69) is 21.2 Å². The topological polar surface area (TPSA) is 32.3 Å². The summed E-state index contributed by atoms with van der Waals surface area (Å²) >= 11 is 3.52. The maximum absolute atomic E-state index is 13.3. The Balaban J connectivity index is 2.17. The molecule has 2 nitrogen and oxygen atoms in total. The van der Waals surface area contributed by atoms with Crippen molar-refractivity contribution in [1.29, 1.82) is 0 Å². The maximum atomic E-state index is 13.3. The molecule has 0 radical (unpaired) electrons. The zero-order valence-corrected chi connectivity index (χ0v) is 13.0. The van der Waals surface area contributed by atoms with E-state index in [0.29, 0.717) is 5.56 Å². The molecule has 2 atom stereocenters. The van der Waals surface area contributed by atoms with Crippen molar-refractivity contribution in [2.75, 3.05) is 0 Å². The second kappa shape index (κ2) is 6.37. The van der Waals surface area contributed by atoms with Gasteiger partial charge in [0.1, 0.15) is 11.6 Å². The Labute approximate surface area is 126 Å². The number of aromatic hydroxyl groups is 1. The Morgan fingerprint density at radius 3 is 2.40 bits per heavy atom. The predicted octanol–water partition coefficient (Wildman–Crippen LogP) is 4.71. The van der Waals surface area contributed by atoms with Gasteiger partial charge in [-0.15, -0.1) is 0 Å². The second-order valence-corrected chi connectivity index (χ2v) is 5.69.